The summed E-state index contributed by atoms with van der Waals surface area (Å²) in [5.74, 6) is 0.821. The Morgan fingerprint density at radius 1 is 1.50 bits per heavy atom. The number of carboxylic acids is 1. The van der Waals surface area contributed by atoms with Crippen molar-refractivity contribution < 1.29 is 9.90 Å². The maximum atomic E-state index is 10.7. The lowest BCUT2D eigenvalue weighted by Crippen LogP contribution is -2.31. The van der Waals surface area contributed by atoms with Crippen LogP contribution in [0, 0.1) is 6.92 Å². The minimum Gasteiger partial charge on any atom is -0.480 e. The van der Waals surface area contributed by atoms with E-state index in [1.165, 1.54) is 0 Å². The van der Waals surface area contributed by atoms with Gasteiger partial charge in [-0.3, -0.25) is 9.69 Å². The zero-order valence-electron chi connectivity index (χ0n) is 9.97. The highest BCUT2D eigenvalue weighted by Crippen LogP contribution is 2.03. The first-order valence-electron chi connectivity index (χ1n) is 5.33. The van der Waals surface area contributed by atoms with E-state index in [-0.39, 0.29) is 6.54 Å². The van der Waals surface area contributed by atoms with Crippen molar-refractivity contribution in [1.29, 1.82) is 0 Å². The molecule has 0 fully saturated rings. The Labute approximate surface area is 94.9 Å². The molecule has 0 unspecified atom stereocenters. The van der Waals surface area contributed by atoms with Gasteiger partial charge in [0.25, 0.3) is 0 Å². The molecule has 1 N–H and O–H groups in total. The van der Waals surface area contributed by atoms with Gasteiger partial charge in [-0.25, -0.2) is 0 Å². The number of aryl methyl sites for hydroxylation is 1. The molecule has 0 bridgehead atoms. The van der Waals surface area contributed by atoms with Crippen molar-refractivity contribution in [2.75, 3.05) is 13.1 Å². The number of hydrogen-bond acceptors (Lipinski definition) is 4. The third kappa shape index (κ3) is 3.30. The Morgan fingerprint density at radius 3 is 2.62 bits per heavy atom. The van der Waals surface area contributed by atoms with Crippen LogP contribution in [0.1, 0.15) is 25.0 Å². The zero-order valence-corrected chi connectivity index (χ0v) is 9.97. The molecule has 1 aromatic heterocycles. The highest BCUT2D eigenvalue weighted by Gasteiger charge is 2.13. The molecule has 0 saturated heterocycles. The van der Waals surface area contributed by atoms with E-state index >= 15 is 0 Å². The van der Waals surface area contributed by atoms with E-state index in [9.17, 15) is 4.79 Å². The molecule has 0 amide bonds. The molecule has 0 radical (unpaired) electrons. The molecule has 6 nitrogen and oxygen atoms in total. The molecule has 0 aromatic carbocycles. The van der Waals surface area contributed by atoms with E-state index < -0.39 is 5.97 Å². The monoisotopic (exact) mass is 226 g/mol. The van der Waals surface area contributed by atoms with Crippen LogP contribution < -0.4 is 0 Å². The number of carbonyl (C=O) groups is 1. The average molecular weight is 226 g/mol. The summed E-state index contributed by atoms with van der Waals surface area (Å²) in [7, 11) is 1.88. The minimum atomic E-state index is -0.813. The Bertz CT molecular complexity index is 362. The normalized spacial score (nSPS) is 11.0. The molecule has 6 heteroatoms. The third-order valence-corrected chi connectivity index (χ3v) is 2.45. The van der Waals surface area contributed by atoms with Crippen LogP contribution in [-0.4, -0.2) is 43.8 Å². The van der Waals surface area contributed by atoms with Gasteiger partial charge in [-0.1, -0.05) is 6.92 Å². The SMILES string of the molecule is CCCN(CC(=O)O)Cc1nnc(C)n1C. The maximum absolute atomic E-state index is 10.7. The van der Waals surface area contributed by atoms with Crippen LogP contribution in [0.4, 0.5) is 0 Å². The Hall–Kier alpha value is -1.43. The summed E-state index contributed by atoms with van der Waals surface area (Å²) in [6.45, 7) is 5.21. The van der Waals surface area contributed by atoms with Crippen LogP contribution in [0.15, 0.2) is 0 Å². The first-order valence-corrected chi connectivity index (χ1v) is 5.33. The van der Waals surface area contributed by atoms with Crippen LogP contribution in [0.3, 0.4) is 0 Å². The van der Waals surface area contributed by atoms with Crippen molar-refractivity contribution in [2.24, 2.45) is 7.05 Å². The van der Waals surface area contributed by atoms with E-state index in [4.69, 9.17) is 5.11 Å². The molecule has 0 atom stereocenters. The quantitative estimate of drug-likeness (QED) is 0.761. The van der Waals surface area contributed by atoms with Crippen LogP contribution in [0.25, 0.3) is 0 Å². The number of aliphatic carboxylic acids is 1. The lowest BCUT2D eigenvalue weighted by atomic mass is 10.4. The number of carboxylic acid groups (broad SMARTS) is 1. The fraction of sp³-hybridized carbons (Fsp3) is 0.700. The summed E-state index contributed by atoms with van der Waals surface area (Å²) in [4.78, 5) is 12.5. The first-order chi connectivity index (χ1) is 7.54. The summed E-state index contributed by atoms with van der Waals surface area (Å²) in [6, 6.07) is 0. The van der Waals surface area contributed by atoms with Crippen LogP contribution in [0.5, 0.6) is 0 Å². The molecule has 16 heavy (non-hydrogen) atoms. The molecule has 1 aromatic rings. The van der Waals surface area contributed by atoms with Gasteiger partial charge in [-0.05, 0) is 19.9 Å². The van der Waals surface area contributed by atoms with Gasteiger partial charge in [0.2, 0.25) is 0 Å². The van der Waals surface area contributed by atoms with Crippen molar-refractivity contribution >= 4 is 5.97 Å². The Morgan fingerprint density at radius 2 is 2.19 bits per heavy atom. The third-order valence-electron chi connectivity index (χ3n) is 2.45. The second kappa shape index (κ2) is 5.60. The Balaban J connectivity index is 2.67. The average Bonchev–Trinajstić information content (AvgIpc) is 2.49. The number of rotatable bonds is 6. The van der Waals surface area contributed by atoms with Gasteiger partial charge in [0, 0.05) is 7.05 Å². The second-order valence-electron chi connectivity index (χ2n) is 3.83. The van der Waals surface area contributed by atoms with Crippen molar-refractivity contribution in [3.05, 3.63) is 11.6 Å². The highest BCUT2D eigenvalue weighted by atomic mass is 16.4. The predicted molar refractivity (Wildman–Crippen MR) is 58.9 cm³/mol. The van der Waals surface area contributed by atoms with Crippen molar-refractivity contribution in [2.45, 2.75) is 26.8 Å². The number of aromatic nitrogens is 3. The summed E-state index contributed by atoms with van der Waals surface area (Å²) in [5.41, 5.74) is 0. The highest BCUT2D eigenvalue weighted by molar-refractivity contribution is 5.69. The van der Waals surface area contributed by atoms with Gasteiger partial charge in [0.1, 0.15) is 11.6 Å². The molecule has 0 spiro atoms. The number of nitrogens with zero attached hydrogens (tertiary/aromatic N) is 4. The minimum absolute atomic E-state index is 0.0414. The molecular weight excluding hydrogens is 208 g/mol. The van der Waals surface area contributed by atoms with Gasteiger partial charge >= 0.3 is 5.97 Å². The topological polar surface area (TPSA) is 71.2 Å². The molecule has 1 rings (SSSR count). The molecule has 0 aliphatic heterocycles. The zero-order chi connectivity index (χ0) is 12.1. The molecule has 0 saturated carbocycles. The van der Waals surface area contributed by atoms with E-state index in [2.05, 4.69) is 10.2 Å². The Kier molecular flexibility index (Phi) is 4.42. The van der Waals surface area contributed by atoms with Gasteiger partial charge in [0.15, 0.2) is 0 Å². The molecule has 0 aliphatic carbocycles. The smallest absolute Gasteiger partial charge is 0.317 e. The van der Waals surface area contributed by atoms with E-state index in [0.717, 1.165) is 24.6 Å². The van der Waals surface area contributed by atoms with Crippen LogP contribution in [-0.2, 0) is 18.4 Å². The summed E-state index contributed by atoms with van der Waals surface area (Å²) in [6.07, 6.45) is 0.921. The second-order valence-corrected chi connectivity index (χ2v) is 3.83. The van der Waals surface area contributed by atoms with E-state index in [1.807, 2.05) is 30.4 Å². The van der Waals surface area contributed by atoms with Gasteiger partial charge in [-0.15, -0.1) is 10.2 Å². The summed E-state index contributed by atoms with van der Waals surface area (Å²) >= 11 is 0. The van der Waals surface area contributed by atoms with E-state index in [0.29, 0.717) is 6.54 Å². The largest absolute Gasteiger partial charge is 0.480 e. The van der Waals surface area contributed by atoms with Gasteiger partial charge in [-0.2, -0.15) is 0 Å². The first kappa shape index (κ1) is 12.6. The lowest BCUT2D eigenvalue weighted by molar-refractivity contribution is -0.138. The molecule has 1 heterocycles. The molecule has 0 aliphatic rings. The fourth-order valence-corrected chi connectivity index (χ4v) is 1.51. The summed E-state index contributed by atoms with van der Waals surface area (Å²) < 4.78 is 1.88. The summed E-state index contributed by atoms with van der Waals surface area (Å²) in [5, 5.41) is 16.7. The van der Waals surface area contributed by atoms with Crippen molar-refractivity contribution in [3.63, 3.8) is 0 Å². The molecule has 90 valence electrons. The standard InChI is InChI=1S/C10H18N4O2/c1-4-5-14(7-10(15)16)6-9-12-11-8(2)13(9)3/h4-7H2,1-3H3,(H,15,16). The van der Waals surface area contributed by atoms with Crippen molar-refractivity contribution in [1.82, 2.24) is 19.7 Å². The van der Waals surface area contributed by atoms with E-state index in [1.54, 1.807) is 0 Å². The molecular formula is C10H18N4O2. The van der Waals surface area contributed by atoms with Crippen LogP contribution >= 0.6 is 0 Å². The fourth-order valence-electron chi connectivity index (χ4n) is 1.51. The maximum Gasteiger partial charge on any atom is 0.317 e. The van der Waals surface area contributed by atoms with Gasteiger partial charge in [0.05, 0.1) is 13.1 Å². The van der Waals surface area contributed by atoms with Crippen LogP contribution in [0.2, 0.25) is 0 Å². The predicted octanol–water partition coefficient (Wildman–Crippen LogP) is 0.420. The lowest BCUT2D eigenvalue weighted by Gasteiger charge is -2.18. The number of hydrogen-bond donors (Lipinski definition) is 1. The van der Waals surface area contributed by atoms with Gasteiger partial charge < -0.3 is 9.67 Å². The van der Waals surface area contributed by atoms with Crippen molar-refractivity contribution in [3.8, 4) is 0 Å².